The van der Waals surface area contributed by atoms with Crippen molar-refractivity contribution in [1.29, 1.82) is 0 Å². The van der Waals surface area contributed by atoms with E-state index in [-0.39, 0.29) is 29.8 Å². The van der Waals surface area contributed by atoms with E-state index in [0.29, 0.717) is 18.6 Å². The first-order chi connectivity index (χ1) is 15.1. The minimum Gasteiger partial charge on any atom is -0.463 e. The Balaban J connectivity index is 0. The van der Waals surface area contributed by atoms with E-state index in [4.69, 9.17) is 4.74 Å². The fourth-order valence-corrected chi connectivity index (χ4v) is 3.36. The van der Waals surface area contributed by atoms with Crippen LogP contribution in [0.15, 0.2) is 11.6 Å². The average Bonchev–Trinajstić information content (AvgIpc) is 2.76. The molecule has 0 aliphatic carbocycles. The second-order valence-electron chi connectivity index (χ2n) is 8.62. The van der Waals surface area contributed by atoms with Crippen molar-refractivity contribution < 1.29 is 19.1 Å². The van der Waals surface area contributed by atoms with Gasteiger partial charge in [0.15, 0.2) is 0 Å². The molecule has 0 bridgehead atoms. The molecule has 0 radical (unpaired) electrons. The van der Waals surface area contributed by atoms with Crippen LogP contribution in [-0.2, 0) is 19.1 Å². The number of likely N-dealkylation sites (N-methyl/N-ethyl adjacent to an activating group) is 1. The maximum Gasteiger partial charge on any atom is 0.333 e. The number of esters is 1. The van der Waals surface area contributed by atoms with Crippen molar-refractivity contribution in [2.45, 2.75) is 86.7 Å². The number of hydrogen-bond donors (Lipinski definition) is 1. The number of carbonyl (C=O) groups is 3. The average molecular weight is 456 g/mol. The number of piperidine rings is 1. The summed E-state index contributed by atoms with van der Waals surface area (Å²) in [6, 6.07) is -0.850. The molecule has 2 atom stereocenters. The predicted molar refractivity (Wildman–Crippen MR) is 132 cm³/mol. The molecular formula is C25H49N3O4. The standard InChI is InChI=1S/C17H30N2O4.C6H13N.C2H6/c1-8-23-17(22)13(6)9-14(11(2)3)19(7)16(21)15(12(4)5)18-10-20;1-7-5-3-2-4-6-7;1-2/h9-12,14-15H,8H2,1-7H3,(H,18,20);2-6H2,1H3;1-2H3/b13-9+;;/t14-,15+;;/m1../s1. The molecule has 1 aliphatic heterocycles. The Morgan fingerprint density at radius 3 is 1.94 bits per heavy atom. The predicted octanol–water partition coefficient (Wildman–Crippen LogP) is 3.88. The van der Waals surface area contributed by atoms with Gasteiger partial charge in [-0.1, -0.05) is 54.0 Å². The minimum atomic E-state index is -0.588. The van der Waals surface area contributed by atoms with Crippen LogP contribution in [0.2, 0.25) is 0 Å². The Labute approximate surface area is 196 Å². The van der Waals surface area contributed by atoms with E-state index < -0.39 is 6.04 Å². The molecule has 32 heavy (non-hydrogen) atoms. The maximum absolute atomic E-state index is 12.7. The van der Waals surface area contributed by atoms with Crippen molar-refractivity contribution in [2.24, 2.45) is 11.8 Å². The SMILES string of the molecule is CC.CCOC(=O)/C(C)=C/[C@H](C(C)C)N(C)C(=O)[C@@H](NC=O)C(C)C.CN1CCCCC1. The highest BCUT2D eigenvalue weighted by Gasteiger charge is 2.29. The van der Waals surface area contributed by atoms with Crippen molar-refractivity contribution in [3.8, 4) is 0 Å². The van der Waals surface area contributed by atoms with Crippen LogP contribution < -0.4 is 5.32 Å². The van der Waals surface area contributed by atoms with Crippen LogP contribution in [0.4, 0.5) is 0 Å². The summed E-state index contributed by atoms with van der Waals surface area (Å²) >= 11 is 0. The summed E-state index contributed by atoms with van der Waals surface area (Å²) in [6.45, 7) is 18.1. The molecule has 0 aromatic carbocycles. The van der Waals surface area contributed by atoms with E-state index in [2.05, 4.69) is 17.3 Å². The molecule has 1 aliphatic rings. The molecule has 7 nitrogen and oxygen atoms in total. The molecular weight excluding hydrogens is 406 g/mol. The van der Waals surface area contributed by atoms with E-state index in [0.717, 1.165) is 0 Å². The first kappa shape index (κ1) is 32.3. The molecule has 0 aromatic rings. The van der Waals surface area contributed by atoms with E-state index in [1.54, 1.807) is 31.9 Å². The molecule has 0 saturated carbocycles. The lowest BCUT2D eigenvalue weighted by Crippen LogP contribution is -2.51. The van der Waals surface area contributed by atoms with Crippen molar-refractivity contribution >= 4 is 18.3 Å². The van der Waals surface area contributed by atoms with Gasteiger partial charge in [0.2, 0.25) is 12.3 Å². The Morgan fingerprint density at radius 1 is 1.06 bits per heavy atom. The van der Waals surface area contributed by atoms with Gasteiger partial charge in [-0.15, -0.1) is 0 Å². The van der Waals surface area contributed by atoms with E-state index in [1.165, 1.54) is 32.4 Å². The number of ether oxygens (including phenoxy) is 1. The molecule has 2 amide bonds. The largest absolute Gasteiger partial charge is 0.463 e. The first-order valence-electron chi connectivity index (χ1n) is 12.1. The number of nitrogens with one attached hydrogen (secondary N) is 1. The van der Waals surface area contributed by atoms with Gasteiger partial charge in [-0.2, -0.15) is 0 Å². The highest BCUT2D eigenvalue weighted by atomic mass is 16.5. The number of hydrogen-bond acceptors (Lipinski definition) is 5. The Morgan fingerprint density at radius 2 is 1.59 bits per heavy atom. The van der Waals surface area contributed by atoms with Crippen LogP contribution in [0.25, 0.3) is 0 Å². The van der Waals surface area contributed by atoms with Gasteiger partial charge in [0.1, 0.15) is 6.04 Å². The van der Waals surface area contributed by atoms with Gasteiger partial charge in [-0.25, -0.2) is 4.79 Å². The van der Waals surface area contributed by atoms with Crippen LogP contribution in [0.5, 0.6) is 0 Å². The Hall–Kier alpha value is -1.89. The highest BCUT2D eigenvalue weighted by molar-refractivity contribution is 5.88. The summed E-state index contributed by atoms with van der Waals surface area (Å²) in [5, 5.41) is 2.57. The summed E-state index contributed by atoms with van der Waals surface area (Å²) < 4.78 is 4.98. The van der Waals surface area contributed by atoms with Gasteiger partial charge in [0.05, 0.1) is 12.6 Å². The van der Waals surface area contributed by atoms with Gasteiger partial charge in [-0.3, -0.25) is 9.59 Å². The van der Waals surface area contributed by atoms with Gasteiger partial charge in [0.25, 0.3) is 0 Å². The molecule has 0 spiro atoms. The first-order valence-corrected chi connectivity index (χ1v) is 12.1. The smallest absolute Gasteiger partial charge is 0.333 e. The van der Waals surface area contributed by atoms with Crippen LogP contribution >= 0.6 is 0 Å². The van der Waals surface area contributed by atoms with E-state index >= 15 is 0 Å². The molecule has 0 unspecified atom stereocenters. The summed E-state index contributed by atoms with van der Waals surface area (Å²) in [5.41, 5.74) is 0.467. The Bertz CT molecular complexity index is 555. The molecule has 1 saturated heterocycles. The third kappa shape index (κ3) is 12.8. The lowest BCUT2D eigenvalue weighted by atomic mass is 9.97. The summed E-state index contributed by atoms with van der Waals surface area (Å²) in [7, 11) is 3.88. The molecule has 1 N–H and O–H groups in total. The zero-order valence-corrected chi connectivity index (χ0v) is 22.2. The van der Waals surface area contributed by atoms with Crippen LogP contribution in [0.1, 0.15) is 74.7 Å². The molecule has 1 heterocycles. The number of nitrogens with zero attached hydrogens (tertiary/aromatic N) is 2. The molecule has 0 aromatic heterocycles. The quantitative estimate of drug-likeness (QED) is 0.324. The lowest BCUT2D eigenvalue weighted by molar-refractivity contribution is -0.139. The van der Waals surface area contributed by atoms with Crippen molar-refractivity contribution in [3.63, 3.8) is 0 Å². The summed E-state index contributed by atoms with van der Waals surface area (Å²) in [6.07, 6.45) is 6.57. The third-order valence-electron chi connectivity index (χ3n) is 5.26. The topological polar surface area (TPSA) is 79.0 Å². The molecule has 1 rings (SSSR count). The van der Waals surface area contributed by atoms with E-state index in [9.17, 15) is 14.4 Å². The van der Waals surface area contributed by atoms with Crippen molar-refractivity contribution in [2.75, 3.05) is 33.8 Å². The fraction of sp³-hybridized carbons (Fsp3) is 0.800. The summed E-state index contributed by atoms with van der Waals surface area (Å²) in [4.78, 5) is 39.1. The number of amides is 2. The van der Waals surface area contributed by atoms with Crippen LogP contribution in [0, 0.1) is 11.8 Å². The van der Waals surface area contributed by atoms with Gasteiger partial charge >= 0.3 is 5.97 Å². The number of rotatable bonds is 9. The van der Waals surface area contributed by atoms with Gasteiger partial charge in [0, 0.05) is 12.6 Å². The number of carbonyl (C=O) groups excluding carboxylic acids is 3. The number of likely N-dealkylation sites (tertiary alicyclic amines) is 1. The zero-order chi connectivity index (χ0) is 25.3. The minimum absolute atomic E-state index is 0.0295. The Kier molecular flexibility index (Phi) is 18.8. The van der Waals surface area contributed by atoms with E-state index in [1.807, 2.05) is 41.5 Å². The van der Waals surface area contributed by atoms with Gasteiger partial charge in [-0.05, 0) is 58.7 Å². The van der Waals surface area contributed by atoms with Crippen molar-refractivity contribution in [1.82, 2.24) is 15.1 Å². The normalized spacial score (nSPS) is 16.1. The maximum atomic E-state index is 12.7. The molecule has 1 fully saturated rings. The fourth-order valence-electron chi connectivity index (χ4n) is 3.36. The zero-order valence-electron chi connectivity index (χ0n) is 22.2. The van der Waals surface area contributed by atoms with Crippen LogP contribution in [0.3, 0.4) is 0 Å². The lowest BCUT2D eigenvalue weighted by Gasteiger charge is -2.33. The van der Waals surface area contributed by atoms with Crippen LogP contribution in [-0.4, -0.2) is 74.0 Å². The van der Waals surface area contributed by atoms with Gasteiger partial charge < -0.3 is 19.9 Å². The van der Waals surface area contributed by atoms with Crippen molar-refractivity contribution in [3.05, 3.63) is 11.6 Å². The molecule has 7 heteroatoms. The second kappa shape index (κ2) is 18.7. The third-order valence-corrected chi connectivity index (χ3v) is 5.26. The highest BCUT2D eigenvalue weighted by Crippen LogP contribution is 2.16. The summed E-state index contributed by atoms with van der Waals surface area (Å²) in [5.74, 6) is -0.486. The second-order valence-corrected chi connectivity index (χ2v) is 8.62. The molecule has 188 valence electrons. The monoisotopic (exact) mass is 455 g/mol.